The predicted molar refractivity (Wildman–Crippen MR) is 102 cm³/mol. The van der Waals surface area contributed by atoms with Gasteiger partial charge in [-0.2, -0.15) is 4.98 Å². The van der Waals surface area contributed by atoms with Crippen LogP contribution < -0.4 is 10.1 Å². The van der Waals surface area contributed by atoms with Crippen molar-refractivity contribution in [2.45, 2.75) is 39.0 Å². The van der Waals surface area contributed by atoms with Crippen LogP contribution in [0.4, 0.5) is 0 Å². The number of hydrogen-bond donors (Lipinski definition) is 1. The van der Waals surface area contributed by atoms with E-state index in [9.17, 15) is 9.59 Å². The largest absolute Gasteiger partial charge is 0.497 e. The number of hydrogen-bond acceptors (Lipinski definition) is 6. The lowest BCUT2D eigenvalue weighted by molar-refractivity contribution is -0.129. The van der Waals surface area contributed by atoms with E-state index in [4.69, 9.17) is 9.26 Å². The van der Waals surface area contributed by atoms with Gasteiger partial charge in [0.15, 0.2) is 5.82 Å². The van der Waals surface area contributed by atoms with Gasteiger partial charge in [0, 0.05) is 44.5 Å². The van der Waals surface area contributed by atoms with Gasteiger partial charge >= 0.3 is 0 Å². The first-order chi connectivity index (χ1) is 13.5. The molecule has 0 saturated carbocycles. The van der Waals surface area contributed by atoms with Gasteiger partial charge in [0.2, 0.25) is 11.8 Å². The number of benzene rings is 1. The zero-order valence-electron chi connectivity index (χ0n) is 16.5. The summed E-state index contributed by atoms with van der Waals surface area (Å²) < 4.78 is 10.5. The molecule has 28 heavy (non-hydrogen) atoms. The van der Waals surface area contributed by atoms with Crippen LogP contribution in [0, 0.1) is 6.92 Å². The Labute approximate surface area is 164 Å². The van der Waals surface area contributed by atoms with Crippen LogP contribution in [0.25, 0.3) is 0 Å². The van der Waals surface area contributed by atoms with Crippen molar-refractivity contribution in [1.29, 1.82) is 0 Å². The Hall–Kier alpha value is -2.90. The Bertz CT molecular complexity index is 840. The molecule has 2 amide bonds. The summed E-state index contributed by atoms with van der Waals surface area (Å²) in [7, 11) is 1.60. The van der Waals surface area contributed by atoms with E-state index < -0.39 is 0 Å². The fraction of sp³-hybridized carbons (Fsp3) is 0.500. The van der Waals surface area contributed by atoms with Crippen molar-refractivity contribution < 1.29 is 18.8 Å². The minimum absolute atomic E-state index is 0.107. The average Bonchev–Trinajstić information content (AvgIpc) is 3.16. The Morgan fingerprint density at radius 1 is 1.32 bits per heavy atom. The van der Waals surface area contributed by atoms with Crippen molar-refractivity contribution in [1.82, 2.24) is 20.4 Å². The predicted octanol–water partition coefficient (Wildman–Crippen LogP) is 2.09. The lowest BCUT2D eigenvalue weighted by atomic mass is 9.96. The number of likely N-dealkylation sites (tertiary alicyclic amines) is 1. The highest BCUT2D eigenvalue weighted by Crippen LogP contribution is 2.26. The Morgan fingerprint density at radius 2 is 2.07 bits per heavy atom. The molecule has 1 aromatic heterocycles. The number of rotatable bonds is 6. The Kier molecular flexibility index (Phi) is 6.28. The first-order valence-electron chi connectivity index (χ1n) is 9.48. The van der Waals surface area contributed by atoms with E-state index in [1.165, 1.54) is 0 Å². The number of nitrogens with zero attached hydrogens (tertiary/aromatic N) is 3. The van der Waals surface area contributed by atoms with Crippen LogP contribution in [0.5, 0.6) is 5.75 Å². The fourth-order valence-electron chi connectivity index (χ4n) is 3.38. The van der Waals surface area contributed by atoms with E-state index in [-0.39, 0.29) is 17.7 Å². The molecule has 2 heterocycles. The first-order valence-corrected chi connectivity index (χ1v) is 9.48. The molecule has 0 spiro atoms. The molecule has 1 fully saturated rings. The summed E-state index contributed by atoms with van der Waals surface area (Å²) in [5.41, 5.74) is 1.47. The number of carbonyl (C=O) groups is 2. The molecule has 1 aromatic carbocycles. The highest BCUT2D eigenvalue weighted by Gasteiger charge is 2.25. The molecule has 1 saturated heterocycles. The van der Waals surface area contributed by atoms with Crippen LogP contribution in [-0.2, 0) is 11.2 Å². The quantitative estimate of drug-likeness (QED) is 0.816. The molecule has 0 unspecified atom stereocenters. The van der Waals surface area contributed by atoms with E-state index in [0.29, 0.717) is 30.2 Å². The third-order valence-electron chi connectivity index (χ3n) is 5.09. The summed E-state index contributed by atoms with van der Waals surface area (Å²) in [6.07, 6.45) is 2.15. The van der Waals surface area contributed by atoms with Crippen molar-refractivity contribution in [2.24, 2.45) is 0 Å². The van der Waals surface area contributed by atoms with Crippen molar-refractivity contribution >= 4 is 11.8 Å². The van der Waals surface area contributed by atoms with Crippen molar-refractivity contribution in [3.8, 4) is 5.75 Å². The molecule has 3 rings (SSSR count). The van der Waals surface area contributed by atoms with Gasteiger partial charge in [0.05, 0.1) is 7.11 Å². The Morgan fingerprint density at radius 3 is 2.71 bits per heavy atom. The number of aromatic nitrogens is 2. The van der Waals surface area contributed by atoms with E-state index in [1.807, 2.05) is 17.9 Å². The molecule has 8 nitrogen and oxygen atoms in total. The number of ether oxygens (including phenoxy) is 1. The van der Waals surface area contributed by atoms with E-state index in [0.717, 1.165) is 37.2 Å². The number of carbonyl (C=O) groups excluding carboxylic acids is 2. The van der Waals surface area contributed by atoms with Gasteiger partial charge in [-0.05, 0) is 43.5 Å². The smallest absolute Gasteiger partial charge is 0.251 e. The molecule has 0 bridgehead atoms. The van der Waals surface area contributed by atoms with Gasteiger partial charge in [0.25, 0.3) is 5.91 Å². The standard InChI is InChI=1S/C20H26N4O4/c1-13-12-16(27-3)4-5-17(13)20(26)21-9-6-18-22-19(23-28-18)15-7-10-24(11-8-15)14(2)25/h4-5,12,15H,6-11H2,1-3H3,(H,21,26). The maximum absolute atomic E-state index is 12.3. The summed E-state index contributed by atoms with van der Waals surface area (Å²) in [4.78, 5) is 30.1. The van der Waals surface area contributed by atoms with Crippen LogP contribution >= 0.6 is 0 Å². The van der Waals surface area contributed by atoms with Gasteiger partial charge in [0.1, 0.15) is 5.75 Å². The molecule has 1 N–H and O–H groups in total. The molecule has 1 aliphatic rings. The maximum Gasteiger partial charge on any atom is 0.251 e. The number of nitrogens with one attached hydrogen (secondary N) is 1. The van der Waals surface area contributed by atoms with Crippen molar-refractivity contribution in [3.05, 3.63) is 41.0 Å². The monoisotopic (exact) mass is 386 g/mol. The van der Waals surface area contributed by atoms with Gasteiger partial charge in [-0.25, -0.2) is 0 Å². The number of methoxy groups -OCH3 is 1. The lowest BCUT2D eigenvalue weighted by Gasteiger charge is -2.29. The van der Waals surface area contributed by atoms with E-state index in [1.54, 1.807) is 26.2 Å². The third-order valence-corrected chi connectivity index (χ3v) is 5.09. The number of piperidine rings is 1. The molecule has 150 valence electrons. The lowest BCUT2D eigenvalue weighted by Crippen LogP contribution is -2.36. The molecule has 2 aromatic rings. The summed E-state index contributed by atoms with van der Waals surface area (Å²) in [5, 5.41) is 6.96. The van der Waals surface area contributed by atoms with Crippen LogP contribution in [0.15, 0.2) is 22.7 Å². The van der Waals surface area contributed by atoms with E-state index in [2.05, 4.69) is 15.5 Å². The zero-order chi connectivity index (χ0) is 20.1. The third kappa shape index (κ3) is 4.68. The normalized spacial score (nSPS) is 14.8. The van der Waals surface area contributed by atoms with Gasteiger partial charge in [-0.15, -0.1) is 0 Å². The van der Waals surface area contributed by atoms with Crippen LogP contribution in [0.2, 0.25) is 0 Å². The topological polar surface area (TPSA) is 97.6 Å². The molecule has 0 radical (unpaired) electrons. The minimum atomic E-state index is -0.142. The van der Waals surface area contributed by atoms with Gasteiger partial charge in [-0.1, -0.05) is 5.16 Å². The summed E-state index contributed by atoms with van der Waals surface area (Å²) in [5.74, 6) is 2.10. The van der Waals surface area contributed by atoms with Crippen LogP contribution in [0.1, 0.15) is 53.3 Å². The molecule has 1 aliphatic heterocycles. The second kappa shape index (κ2) is 8.86. The first kappa shape index (κ1) is 19.9. The fourth-order valence-corrected chi connectivity index (χ4v) is 3.38. The SMILES string of the molecule is COc1ccc(C(=O)NCCc2nc(C3CCN(C(C)=O)CC3)no2)c(C)c1. The molecule has 0 atom stereocenters. The highest BCUT2D eigenvalue weighted by atomic mass is 16.5. The average molecular weight is 386 g/mol. The zero-order valence-corrected chi connectivity index (χ0v) is 16.5. The molecule has 0 aliphatic carbocycles. The van der Waals surface area contributed by atoms with Crippen molar-refractivity contribution in [2.75, 3.05) is 26.7 Å². The second-order valence-corrected chi connectivity index (χ2v) is 7.01. The van der Waals surface area contributed by atoms with Crippen LogP contribution in [0.3, 0.4) is 0 Å². The van der Waals surface area contributed by atoms with Crippen LogP contribution in [-0.4, -0.2) is 53.6 Å². The van der Waals surface area contributed by atoms with Crippen molar-refractivity contribution in [3.63, 3.8) is 0 Å². The minimum Gasteiger partial charge on any atom is -0.497 e. The highest BCUT2D eigenvalue weighted by molar-refractivity contribution is 5.95. The van der Waals surface area contributed by atoms with E-state index >= 15 is 0 Å². The molecular weight excluding hydrogens is 360 g/mol. The summed E-state index contributed by atoms with van der Waals surface area (Å²) >= 11 is 0. The summed E-state index contributed by atoms with van der Waals surface area (Å²) in [6.45, 7) is 5.32. The second-order valence-electron chi connectivity index (χ2n) is 7.01. The van der Waals surface area contributed by atoms with Gasteiger partial charge < -0.3 is 19.5 Å². The molecular formula is C20H26N4O4. The summed E-state index contributed by atoms with van der Waals surface area (Å²) in [6, 6.07) is 5.35. The number of amides is 2. The maximum atomic E-state index is 12.3. The number of aryl methyl sites for hydroxylation is 1. The molecule has 8 heteroatoms. The van der Waals surface area contributed by atoms with Gasteiger partial charge in [-0.3, -0.25) is 9.59 Å². The Balaban J connectivity index is 1.48.